The van der Waals surface area contributed by atoms with Crippen LogP contribution in [-0.4, -0.2) is 80.0 Å². The van der Waals surface area contributed by atoms with Crippen molar-refractivity contribution in [1.29, 1.82) is 0 Å². The smallest absolute Gasteiger partial charge is 0.344 e. The molecule has 8 heteroatoms. The zero-order valence-electron chi connectivity index (χ0n) is 16.3. The van der Waals surface area contributed by atoms with Crippen molar-refractivity contribution < 1.29 is 23.8 Å². The number of ether oxygens (including phenoxy) is 3. The molecule has 0 bridgehead atoms. The Kier molecular flexibility index (Phi) is 8.00. The third-order valence-electron chi connectivity index (χ3n) is 4.79. The minimum Gasteiger partial charge on any atom is -0.482 e. The van der Waals surface area contributed by atoms with E-state index in [1.54, 1.807) is 18.7 Å². The van der Waals surface area contributed by atoms with E-state index in [1.165, 1.54) is 0 Å². The van der Waals surface area contributed by atoms with Crippen molar-refractivity contribution >= 4 is 23.6 Å². The van der Waals surface area contributed by atoms with Crippen LogP contribution in [0.3, 0.4) is 0 Å². The minimum atomic E-state index is -0.395. The van der Waals surface area contributed by atoms with Crippen molar-refractivity contribution in [1.82, 2.24) is 9.80 Å². The van der Waals surface area contributed by atoms with Crippen molar-refractivity contribution in [2.45, 2.75) is 18.7 Å². The Bertz CT molecular complexity index is 666. The highest BCUT2D eigenvalue weighted by Gasteiger charge is 2.32. The van der Waals surface area contributed by atoms with Gasteiger partial charge in [0.15, 0.2) is 6.61 Å². The molecule has 0 saturated carbocycles. The average molecular weight is 409 g/mol. The number of para-hydroxylation sites is 1. The summed E-state index contributed by atoms with van der Waals surface area (Å²) in [5, 5.41) is -0.110. The molecule has 7 nitrogen and oxygen atoms in total. The summed E-state index contributed by atoms with van der Waals surface area (Å²) in [6.45, 7) is 6.75. The van der Waals surface area contributed by atoms with Gasteiger partial charge in [-0.15, -0.1) is 11.8 Å². The van der Waals surface area contributed by atoms with Crippen LogP contribution in [0.15, 0.2) is 24.3 Å². The number of esters is 1. The van der Waals surface area contributed by atoms with Gasteiger partial charge < -0.3 is 19.1 Å². The number of thioether (sulfide) groups is 1. The number of hydrogen-bond donors (Lipinski definition) is 0. The van der Waals surface area contributed by atoms with E-state index in [9.17, 15) is 9.59 Å². The van der Waals surface area contributed by atoms with Crippen LogP contribution >= 0.6 is 11.8 Å². The van der Waals surface area contributed by atoms with E-state index >= 15 is 0 Å². The molecular formula is C20H28N2O5S. The van der Waals surface area contributed by atoms with Crippen molar-refractivity contribution in [2.24, 2.45) is 0 Å². The topological polar surface area (TPSA) is 68.3 Å². The fraction of sp³-hybridized carbons (Fsp3) is 0.600. The van der Waals surface area contributed by atoms with E-state index in [0.717, 1.165) is 44.2 Å². The second kappa shape index (κ2) is 10.7. The summed E-state index contributed by atoms with van der Waals surface area (Å²) in [7, 11) is 0. The van der Waals surface area contributed by atoms with Gasteiger partial charge in [-0.2, -0.15) is 0 Å². The third-order valence-corrected chi connectivity index (χ3v) is 6.06. The van der Waals surface area contributed by atoms with Gasteiger partial charge >= 0.3 is 5.97 Å². The highest BCUT2D eigenvalue weighted by Crippen LogP contribution is 2.41. The number of rotatable bonds is 8. The van der Waals surface area contributed by atoms with Crippen molar-refractivity contribution in [3.8, 4) is 5.75 Å². The highest BCUT2D eigenvalue weighted by molar-refractivity contribution is 7.99. The van der Waals surface area contributed by atoms with Crippen LogP contribution in [0.5, 0.6) is 5.75 Å². The van der Waals surface area contributed by atoms with Gasteiger partial charge in [0.25, 0.3) is 0 Å². The number of carbonyl (C=O) groups excluding carboxylic acids is 2. The molecule has 2 fully saturated rings. The second-order valence-electron chi connectivity index (χ2n) is 6.65. The first-order chi connectivity index (χ1) is 13.7. The Morgan fingerprint density at radius 3 is 2.82 bits per heavy atom. The molecule has 2 aliphatic rings. The normalized spacial score (nSPS) is 20.8. The molecule has 1 amide bonds. The van der Waals surface area contributed by atoms with Crippen LogP contribution in [0.25, 0.3) is 0 Å². The minimum absolute atomic E-state index is 0.110. The van der Waals surface area contributed by atoms with E-state index in [1.807, 2.05) is 29.2 Å². The van der Waals surface area contributed by atoms with Gasteiger partial charge in [-0.25, -0.2) is 4.79 Å². The highest BCUT2D eigenvalue weighted by atomic mass is 32.2. The molecule has 0 aromatic heterocycles. The standard InChI is InChI=1S/C20H28N2O5S/c1-2-26-19(24)15-27-17-6-4-3-5-16(17)20-22(18(23)7-14-28-20)9-8-21-10-12-25-13-11-21/h3-6,20H,2,7-15H2,1H3. The van der Waals surface area contributed by atoms with Gasteiger partial charge in [0.05, 0.1) is 19.8 Å². The first-order valence-electron chi connectivity index (χ1n) is 9.77. The predicted octanol–water partition coefficient (Wildman–Crippen LogP) is 1.92. The molecule has 1 unspecified atom stereocenters. The molecule has 0 spiro atoms. The van der Waals surface area contributed by atoms with Crippen LogP contribution in [-0.2, 0) is 19.1 Å². The fourth-order valence-corrected chi connectivity index (χ4v) is 4.64. The van der Waals surface area contributed by atoms with Gasteiger partial charge in [-0.1, -0.05) is 18.2 Å². The monoisotopic (exact) mass is 408 g/mol. The van der Waals surface area contributed by atoms with Gasteiger partial charge in [-0.05, 0) is 13.0 Å². The molecule has 154 valence electrons. The van der Waals surface area contributed by atoms with Crippen molar-refractivity contribution in [2.75, 3.05) is 58.4 Å². The molecule has 1 aromatic rings. The zero-order chi connectivity index (χ0) is 19.8. The van der Waals surface area contributed by atoms with Crippen LogP contribution in [0.2, 0.25) is 0 Å². The predicted molar refractivity (Wildman–Crippen MR) is 107 cm³/mol. The van der Waals surface area contributed by atoms with Crippen LogP contribution in [0.4, 0.5) is 0 Å². The summed E-state index contributed by atoms with van der Waals surface area (Å²) < 4.78 is 16.1. The number of morpholine rings is 1. The van der Waals surface area contributed by atoms with Crippen LogP contribution in [0, 0.1) is 0 Å². The number of nitrogens with zero attached hydrogens (tertiary/aromatic N) is 2. The molecule has 1 aromatic carbocycles. The zero-order valence-corrected chi connectivity index (χ0v) is 17.1. The Morgan fingerprint density at radius 1 is 1.25 bits per heavy atom. The number of carbonyl (C=O) groups is 2. The summed E-state index contributed by atoms with van der Waals surface area (Å²) in [6.07, 6.45) is 0.552. The average Bonchev–Trinajstić information content (AvgIpc) is 2.72. The summed E-state index contributed by atoms with van der Waals surface area (Å²) in [4.78, 5) is 28.6. The Morgan fingerprint density at radius 2 is 2.04 bits per heavy atom. The molecule has 2 saturated heterocycles. The fourth-order valence-electron chi connectivity index (χ4n) is 3.35. The van der Waals surface area contributed by atoms with Crippen molar-refractivity contribution in [3.05, 3.63) is 29.8 Å². The Labute approximate surface area is 170 Å². The lowest BCUT2D eigenvalue weighted by Crippen LogP contribution is -2.45. The molecule has 28 heavy (non-hydrogen) atoms. The number of hydrogen-bond acceptors (Lipinski definition) is 7. The number of amides is 1. The molecular weight excluding hydrogens is 380 g/mol. The van der Waals surface area contributed by atoms with Crippen LogP contribution < -0.4 is 4.74 Å². The van der Waals surface area contributed by atoms with E-state index in [4.69, 9.17) is 14.2 Å². The van der Waals surface area contributed by atoms with Gasteiger partial charge in [-0.3, -0.25) is 9.69 Å². The third kappa shape index (κ3) is 5.62. The summed E-state index contributed by atoms with van der Waals surface area (Å²) in [5.41, 5.74) is 0.923. The lowest BCUT2D eigenvalue weighted by molar-refractivity contribution is -0.145. The molecule has 1 atom stereocenters. The Balaban J connectivity index is 1.70. The molecule has 2 heterocycles. The van der Waals surface area contributed by atoms with E-state index in [0.29, 0.717) is 25.3 Å². The molecule has 0 aliphatic carbocycles. The molecule has 2 aliphatic heterocycles. The van der Waals surface area contributed by atoms with Gasteiger partial charge in [0.1, 0.15) is 11.1 Å². The lowest BCUT2D eigenvalue weighted by Gasteiger charge is -2.38. The first kappa shape index (κ1) is 21.0. The van der Waals surface area contributed by atoms with E-state index < -0.39 is 5.97 Å². The maximum Gasteiger partial charge on any atom is 0.344 e. The maximum absolute atomic E-state index is 12.7. The molecule has 0 N–H and O–H groups in total. The van der Waals surface area contributed by atoms with Gasteiger partial charge in [0.2, 0.25) is 5.91 Å². The van der Waals surface area contributed by atoms with E-state index in [-0.39, 0.29) is 17.9 Å². The van der Waals surface area contributed by atoms with Crippen molar-refractivity contribution in [3.63, 3.8) is 0 Å². The first-order valence-corrected chi connectivity index (χ1v) is 10.8. The van der Waals surface area contributed by atoms with Crippen LogP contribution in [0.1, 0.15) is 24.3 Å². The van der Waals surface area contributed by atoms with Gasteiger partial charge in [0, 0.05) is 43.9 Å². The largest absolute Gasteiger partial charge is 0.482 e. The number of benzene rings is 1. The second-order valence-corrected chi connectivity index (χ2v) is 7.83. The quantitative estimate of drug-likeness (QED) is 0.609. The summed E-state index contributed by atoms with van der Waals surface area (Å²) in [6, 6.07) is 7.62. The molecule has 0 radical (unpaired) electrons. The molecule has 3 rings (SSSR count). The SMILES string of the molecule is CCOC(=O)COc1ccccc1C1SCCC(=O)N1CCN1CCOCC1. The Hall–Kier alpha value is -1.77. The summed E-state index contributed by atoms with van der Waals surface area (Å²) in [5.74, 6) is 1.18. The van der Waals surface area contributed by atoms with E-state index in [2.05, 4.69) is 4.90 Å². The lowest BCUT2D eigenvalue weighted by atomic mass is 10.1. The maximum atomic E-state index is 12.7. The summed E-state index contributed by atoms with van der Waals surface area (Å²) >= 11 is 1.74.